The molecule has 52 valence electrons. The summed E-state index contributed by atoms with van der Waals surface area (Å²) in [6.07, 6.45) is -0.160. The lowest BCUT2D eigenvalue weighted by Crippen LogP contribution is -2.13. The Morgan fingerprint density at radius 3 is 2.33 bits per heavy atom. The van der Waals surface area contributed by atoms with Crippen molar-refractivity contribution in [1.82, 2.24) is 0 Å². The van der Waals surface area contributed by atoms with E-state index in [0.717, 1.165) is 0 Å². The molecule has 4 heteroatoms. The fourth-order valence-corrected chi connectivity index (χ4v) is 0.725. The van der Waals surface area contributed by atoms with Crippen LogP contribution in [-0.2, 0) is 4.74 Å². The maximum atomic E-state index is 9.86. The minimum Gasteiger partial charge on any atom is -0.359 e. The standard InChI is InChI=1S/C5H9NO3/c1-5(2)4(9-5)3-6(7)8/h4H,3H2,1-2H3. The van der Waals surface area contributed by atoms with E-state index in [1.165, 1.54) is 0 Å². The average Bonchev–Trinajstić information content (AvgIpc) is 2.10. The molecule has 0 amide bonds. The van der Waals surface area contributed by atoms with Gasteiger partial charge in [0.05, 0.1) is 5.60 Å². The maximum Gasteiger partial charge on any atom is 0.232 e. The largest absolute Gasteiger partial charge is 0.359 e. The zero-order valence-electron chi connectivity index (χ0n) is 5.46. The van der Waals surface area contributed by atoms with E-state index in [1.807, 2.05) is 13.8 Å². The first-order chi connectivity index (χ1) is 4.02. The van der Waals surface area contributed by atoms with E-state index < -0.39 is 0 Å². The molecular weight excluding hydrogens is 122 g/mol. The van der Waals surface area contributed by atoms with Crippen LogP contribution in [-0.4, -0.2) is 23.2 Å². The van der Waals surface area contributed by atoms with Crippen molar-refractivity contribution in [3.8, 4) is 0 Å². The molecule has 0 spiro atoms. The highest BCUT2D eigenvalue weighted by molar-refractivity contribution is 4.94. The van der Waals surface area contributed by atoms with E-state index >= 15 is 0 Å². The van der Waals surface area contributed by atoms with E-state index in [2.05, 4.69) is 0 Å². The number of hydrogen-bond donors (Lipinski definition) is 0. The summed E-state index contributed by atoms with van der Waals surface area (Å²) in [5, 5.41) is 9.86. The molecular formula is C5H9NO3. The van der Waals surface area contributed by atoms with Gasteiger partial charge in [-0.3, -0.25) is 10.1 Å². The van der Waals surface area contributed by atoms with E-state index in [-0.39, 0.29) is 23.2 Å². The van der Waals surface area contributed by atoms with Crippen LogP contribution in [0.4, 0.5) is 0 Å². The summed E-state index contributed by atoms with van der Waals surface area (Å²) in [6, 6.07) is 0. The third kappa shape index (κ3) is 1.38. The van der Waals surface area contributed by atoms with Crippen LogP contribution >= 0.6 is 0 Å². The van der Waals surface area contributed by atoms with Crippen molar-refractivity contribution < 1.29 is 9.66 Å². The fourth-order valence-electron chi connectivity index (χ4n) is 0.725. The fraction of sp³-hybridized carbons (Fsp3) is 1.00. The lowest BCUT2D eigenvalue weighted by molar-refractivity contribution is -0.482. The van der Waals surface area contributed by atoms with Crippen LogP contribution in [0.2, 0.25) is 0 Å². The Morgan fingerprint density at radius 1 is 1.78 bits per heavy atom. The van der Waals surface area contributed by atoms with Crippen LogP contribution < -0.4 is 0 Å². The van der Waals surface area contributed by atoms with E-state index in [9.17, 15) is 10.1 Å². The van der Waals surface area contributed by atoms with Crippen molar-refractivity contribution in [1.29, 1.82) is 0 Å². The molecule has 1 unspecified atom stereocenters. The Balaban J connectivity index is 2.28. The topological polar surface area (TPSA) is 55.7 Å². The number of hydrogen-bond acceptors (Lipinski definition) is 3. The van der Waals surface area contributed by atoms with Gasteiger partial charge in [0, 0.05) is 4.92 Å². The molecule has 1 aliphatic heterocycles. The van der Waals surface area contributed by atoms with Crippen LogP contribution in [0, 0.1) is 10.1 Å². The molecule has 1 heterocycles. The zero-order valence-corrected chi connectivity index (χ0v) is 5.46. The quantitative estimate of drug-likeness (QED) is 0.310. The summed E-state index contributed by atoms with van der Waals surface area (Å²) in [5.41, 5.74) is -0.243. The molecule has 0 radical (unpaired) electrons. The van der Waals surface area contributed by atoms with Gasteiger partial charge in [-0.2, -0.15) is 0 Å². The van der Waals surface area contributed by atoms with Gasteiger partial charge in [-0.15, -0.1) is 0 Å². The zero-order chi connectivity index (χ0) is 7.07. The number of rotatable bonds is 2. The molecule has 0 saturated carbocycles. The van der Waals surface area contributed by atoms with Crippen molar-refractivity contribution in [2.75, 3.05) is 6.54 Å². The summed E-state index contributed by atoms with van der Waals surface area (Å²) >= 11 is 0. The second-order valence-electron chi connectivity index (χ2n) is 2.73. The van der Waals surface area contributed by atoms with Gasteiger partial charge < -0.3 is 4.74 Å². The first-order valence-corrected chi connectivity index (χ1v) is 2.82. The third-order valence-electron chi connectivity index (χ3n) is 1.48. The summed E-state index contributed by atoms with van der Waals surface area (Å²) in [5.74, 6) is 0. The highest BCUT2D eigenvalue weighted by atomic mass is 16.6. The highest BCUT2D eigenvalue weighted by Gasteiger charge is 2.51. The van der Waals surface area contributed by atoms with Crippen LogP contribution in [0.5, 0.6) is 0 Å². The van der Waals surface area contributed by atoms with Crippen molar-refractivity contribution in [3.63, 3.8) is 0 Å². The van der Waals surface area contributed by atoms with E-state index in [4.69, 9.17) is 4.74 Å². The molecule has 1 fully saturated rings. The number of ether oxygens (including phenoxy) is 1. The van der Waals surface area contributed by atoms with Crippen LogP contribution in [0.1, 0.15) is 13.8 Å². The lowest BCUT2D eigenvalue weighted by Gasteiger charge is -1.89. The molecule has 0 aliphatic carbocycles. The molecule has 0 aromatic heterocycles. The summed E-state index contributed by atoms with van der Waals surface area (Å²) in [7, 11) is 0. The van der Waals surface area contributed by atoms with Crippen molar-refractivity contribution in [2.24, 2.45) is 0 Å². The Bertz CT molecular complexity index is 143. The first-order valence-electron chi connectivity index (χ1n) is 2.82. The van der Waals surface area contributed by atoms with Gasteiger partial charge in [0.1, 0.15) is 0 Å². The van der Waals surface area contributed by atoms with Gasteiger partial charge >= 0.3 is 0 Å². The van der Waals surface area contributed by atoms with Crippen molar-refractivity contribution >= 4 is 0 Å². The summed E-state index contributed by atoms with van der Waals surface area (Å²) in [4.78, 5) is 9.52. The lowest BCUT2D eigenvalue weighted by atomic mass is 10.1. The van der Waals surface area contributed by atoms with E-state index in [1.54, 1.807) is 0 Å². The minimum atomic E-state index is -0.348. The van der Waals surface area contributed by atoms with Gasteiger partial charge in [0.25, 0.3) is 0 Å². The van der Waals surface area contributed by atoms with Crippen LogP contribution in [0.25, 0.3) is 0 Å². The number of nitro groups is 1. The highest BCUT2D eigenvalue weighted by Crippen LogP contribution is 2.34. The van der Waals surface area contributed by atoms with Gasteiger partial charge in [0.15, 0.2) is 6.10 Å². The predicted octanol–water partition coefficient (Wildman–Crippen LogP) is 0.440. The Kier molecular flexibility index (Phi) is 1.20. The molecule has 0 bridgehead atoms. The maximum absolute atomic E-state index is 9.86. The number of nitrogens with zero attached hydrogens (tertiary/aromatic N) is 1. The first kappa shape index (κ1) is 6.48. The smallest absolute Gasteiger partial charge is 0.232 e. The second kappa shape index (κ2) is 1.67. The minimum absolute atomic E-state index is 0.0625. The predicted molar refractivity (Wildman–Crippen MR) is 30.8 cm³/mol. The molecule has 1 saturated heterocycles. The average molecular weight is 131 g/mol. The van der Waals surface area contributed by atoms with Crippen LogP contribution in [0.15, 0.2) is 0 Å². The monoisotopic (exact) mass is 131 g/mol. The molecule has 1 rings (SSSR count). The van der Waals surface area contributed by atoms with Crippen LogP contribution in [0.3, 0.4) is 0 Å². The van der Waals surface area contributed by atoms with Crippen molar-refractivity contribution in [2.45, 2.75) is 25.6 Å². The van der Waals surface area contributed by atoms with Crippen molar-refractivity contribution in [3.05, 3.63) is 10.1 Å². The van der Waals surface area contributed by atoms with Gasteiger partial charge in [-0.05, 0) is 13.8 Å². The second-order valence-corrected chi connectivity index (χ2v) is 2.73. The van der Waals surface area contributed by atoms with E-state index in [0.29, 0.717) is 0 Å². The van der Waals surface area contributed by atoms with Gasteiger partial charge in [-0.1, -0.05) is 0 Å². The molecule has 1 atom stereocenters. The molecule has 9 heavy (non-hydrogen) atoms. The van der Waals surface area contributed by atoms with Gasteiger partial charge in [0.2, 0.25) is 6.54 Å². The third-order valence-corrected chi connectivity index (χ3v) is 1.48. The summed E-state index contributed by atoms with van der Waals surface area (Å²) in [6.45, 7) is 3.63. The SMILES string of the molecule is CC1(C)OC1C[N+](=O)[O-]. The van der Waals surface area contributed by atoms with Gasteiger partial charge in [-0.25, -0.2) is 0 Å². The Labute approximate surface area is 53.0 Å². The Hall–Kier alpha value is -0.640. The summed E-state index contributed by atoms with van der Waals surface area (Å²) < 4.78 is 4.97. The molecule has 0 N–H and O–H groups in total. The molecule has 0 aromatic carbocycles. The molecule has 4 nitrogen and oxygen atoms in total. The normalized spacial score (nSPS) is 29.8. The Morgan fingerprint density at radius 2 is 2.22 bits per heavy atom. The molecule has 0 aromatic rings. The number of epoxide rings is 1. The molecule has 1 aliphatic rings.